The van der Waals surface area contributed by atoms with E-state index in [1.807, 2.05) is 0 Å². The number of rotatable bonds is 76. The van der Waals surface area contributed by atoms with Crippen molar-refractivity contribution >= 4 is 39.5 Å². The predicted octanol–water partition coefficient (Wildman–Crippen LogP) is 24.2. The van der Waals surface area contributed by atoms with E-state index in [-0.39, 0.29) is 25.7 Å². The standard InChI is InChI=1S/C87H146O17P2/c1-5-9-13-17-21-25-29-33-36-38-40-42-45-49-52-56-60-64-68-72-85(90)98-78-83(104-87(92)74-70-66-62-58-54-50-46-43-41-39-37-34-30-26-22-18-14-10-6-2)80-102-106(95,96)100-76-81(88)75-99-105(93,94)101-79-82(103-86(91)73-69-65-61-57-53-47-32-28-24-20-16-12-8-4)77-97-84(89)71-67-63-59-55-51-48-44-35-31-27-23-19-15-11-7-3/h9-10,13-14,21-22,25-26,28,32-37,40-44,49-50,52,54,81-83,88H,5-8,11-12,15-20,23-24,27,29-31,38-39,45-48,51,53,55-80H2,1-4H3,(H,93,94)(H,95,96)/b13-9-,14-10-,25-21-,26-22-,32-28-,36-33-,37-34-,42-40-,43-41-,44-35-,52-49-,54-50-/t81-,82+,83+/m0/s1. The number of phosphoric acid groups is 2. The number of hydrogen-bond donors (Lipinski definition) is 3. The van der Waals surface area contributed by atoms with Gasteiger partial charge in [0, 0.05) is 25.7 Å². The molecule has 2 unspecified atom stereocenters. The molecule has 0 radical (unpaired) electrons. The van der Waals surface area contributed by atoms with Crippen LogP contribution < -0.4 is 0 Å². The molecule has 5 atom stereocenters. The van der Waals surface area contributed by atoms with Gasteiger partial charge >= 0.3 is 39.5 Å². The summed E-state index contributed by atoms with van der Waals surface area (Å²) in [5.74, 6) is -2.27. The molecule has 0 rings (SSSR count). The van der Waals surface area contributed by atoms with Crippen LogP contribution in [0.3, 0.4) is 0 Å². The average Bonchev–Trinajstić information content (AvgIpc) is 0.903. The molecule has 0 bridgehead atoms. The van der Waals surface area contributed by atoms with Crippen molar-refractivity contribution in [3.8, 4) is 0 Å². The van der Waals surface area contributed by atoms with Gasteiger partial charge in [0.25, 0.3) is 0 Å². The van der Waals surface area contributed by atoms with Gasteiger partial charge in [-0.1, -0.05) is 276 Å². The van der Waals surface area contributed by atoms with Gasteiger partial charge in [0.05, 0.1) is 26.4 Å². The van der Waals surface area contributed by atoms with E-state index < -0.39 is 97.5 Å². The zero-order valence-electron chi connectivity index (χ0n) is 66.3. The van der Waals surface area contributed by atoms with E-state index in [4.69, 9.17) is 37.0 Å². The van der Waals surface area contributed by atoms with Crippen LogP contribution in [0.2, 0.25) is 0 Å². The molecule has 0 saturated carbocycles. The summed E-state index contributed by atoms with van der Waals surface area (Å²) in [6, 6.07) is 0. The fraction of sp³-hybridized carbons (Fsp3) is 0.678. The smallest absolute Gasteiger partial charge is 0.462 e. The van der Waals surface area contributed by atoms with Gasteiger partial charge in [-0.3, -0.25) is 37.3 Å². The molecule has 3 N–H and O–H groups in total. The number of esters is 4. The Balaban J connectivity index is 5.45. The summed E-state index contributed by atoms with van der Waals surface area (Å²) in [6.45, 7) is 4.55. The number of ether oxygens (including phenoxy) is 4. The molecule has 0 aromatic carbocycles. The maximum atomic E-state index is 13.1. The van der Waals surface area contributed by atoms with Crippen LogP contribution in [0.15, 0.2) is 146 Å². The Morgan fingerprint density at radius 3 is 0.783 bits per heavy atom. The molecule has 0 saturated heterocycles. The predicted molar refractivity (Wildman–Crippen MR) is 436 cm³/mol. The molecular weight excluding hydrogens is 1380 g/mol. The second kappa shape index (κ2) is 78.1. The van der Waals surface area contributed by atoms with Gasteiger partial charge in [0.2, 0.25) is 0 Å². The molecule has 0 spiro atoms. The summed E-state index contributed by atoms with van der Waals surface area (Å²) in [5.41, 5.74) is 0. The summed E-state index contributed by atoms with van der Waals surface area (Å²) in [6.07, 6.45) is 89.6. The van der Waals surface area contributed by atoms with Crippen LogP contribution >= 0.6 is 15.6 Å². The first kappa shape index (κ1) is 101. The van der Waals surface area contributed by atoms with Crippen LogP contribution in [0, 0.1) is 0 Å². The van der Waals surface area contributed by atoms with Crippen molar-refractivity contribution in [1.29, 1.82) is 0 Å². The number of carbonyl (C=O) groups excluding carboxylic acids is 4. The van der Waals surface area contributed by atoms with Crippen molar-refractivity contribution in [2.75, 3.05) is 39.6 Å². The lowest BCUT2D eigenvalue weighted by Crippen LogP contribution is -2.30. The molecule has 19 heteroatoms. The highest BCUT2D eigenvalue weighted by Gasteiger charge is 2.30. The maximum absolute atomic E-state index is 13.1. The van der Waals surface area contributed by atoms with Crippen molar-refractivity contribution in [3.63, 3.8) is 0 Å². The minimum Gasteiger partial charge on any atom is -0.462 e. The third-order valence-corrected chi connectivity index (χ3v) is 18.7. The molecule has 0 aliphatic carbocycles. The van der Waals surface area contributed by atoms with Crippen LogP contribution in [0.4, 0.5) is 0 Å². The number of aliphatic hydroxyl groups is 1. The molecule has 0 aromatic heterocycles. The van der Waals surface area contributed by atoms with Gasteiger partial charge in [0.15, 0.2) is 12.2 Å². The van der Waals surface area contributed by atoms with Crippen molar-refractivity contribution in [3.05, 3.63) is 146 Å². The first-order valence-corrected chi connectivity index (χ1v) is 44.1. The second-order valence-electron chi connectivity index (χ2n) is 26.9. The van der Waals surface area contributed by atoms with E-state index >= 15 is 0 Å². The van der Waals surface area contributed by atoms with Crippen LogP contribution in [0.25, 0.3) is 0 Å². The zero-order chi connectivity index (χ0) is 77.4. The minimum atomic E-state index is -5.00. The number of carbonyl (C=O) groups is 4. The van der Waals surface area contributed by atoms with Crippen LogP contribution in [0.5, 0.6) is 0 Å². The molecule has 0 aliphatic rings. The summed E-state index contributed by atoms with van der Waals surface area (Å²) in [4.78, 5) is 73.1. The van der Waals surface area contributed by atoms with E-state index in [1.54, 1.807) is 0 Å². The van der Waals surface area contributed by atoms with Gasteiger partial charge in [-0.25, -0.2) is 9.13 Å². The SMILES string of the molecule is CC/C=C\C/C=C\C/C=C\C/C=C\C/C=C\CCCCCC(=O)OC[C@H](COP(=O)(O)OC[C@@H](O)COP(=O)(O)OC[C@@H](COC(=O)CCCCCCC/C=C\CCCCCCCC)OC(=O)CCCCCCC/C=C\CCCCCC)OC(=O)CCCCC/C=C\C/C=C\C/C=C\C/C=C\C/C=C\CC. The summed E-state index contributed by atoms with van der Waals surface area (Å²) >= 11 is 0. The van der Waals surface area contributed by atoms with E-state index in [0.717, 1.165) is 180 Å². The number of hydrogen-bond acceptors (Lipinski definition) is 15. The van der Waals surface area contributed by atoms with Crippen molar-refractivity contribution in [2.45, 2.75) is 341 Å². The molecule has 17 nitrogen and oxygen atoms in total. The normalized spacial score (nSPS) is 14.6. The van der Waals surface area contributed by atoms with Crippen LogP contribution in [0.1, 0.15) is 323 Å². The zero-order valence-corrected chi connectivity index (χ0v) is 68.1. The largest absolute Gasteiger partial charge is 0.472 e. The Hall–Kier alpha value is -5.06. The van der Waals surface area contributed by atoms with E-state index in [0.29, 0.717) is 25.7 Å². The molecule has 0 heterocycles. The first-order valence-electron chi connectivity index (χ1n) is 41.1. The monoisotopic (exact) mass is 1530 g/mol. The second-order valence-corrected chi connectivity index (χ2v) is 29.8. The van der Waals surface area contributed by atoms with Crippen LogP contribution in [-0.4, -0.2) is 96.7 Å². The van der Waals surface area contributed by atoms with Gasteiger partial charge < -0.3 is 33.8 Å². The molecule has 0 amide bonds. The lowest BCUT2D eigenvalue weighted by Gasteiger charge is -2.21. The molecule has 0 fully saturated rings. The Kier molecular flexibility index (Phi) is 74.3. The van der Waals surface area contributed by atoms with Crippen molar-refractivity contribution in [1.82, 2.24) is 0 Å². The third-order valence-electron chi connectivity index (χ3n) is 16.8. The molecule has 106 heavy (non-hydrogen) atoms. The van der Waals surface area contributed by atoms with Gasteiger partial charge in [-0.05, 0) is 167 Å². The number of phosphoric ester groups is 2. The van der Waals surface area contributed by atoms with Gasteiger partial charge in [-0.2, -0.15) is 0 Å². The molecular formula is C87H146O17P2. The average molecular weight is 1530 g/mol. The summed E-state index contributed by atoms with van der Waals surface area (Å²) in [5, 5.41) is 10.7. The number of aliphatic hydroxyl groups excluding tert-OH is 1. The highest BCUT2D eigenvalue weighted by molar-refractivity contribution is 7.47. The van der Waals surface area contributed by atoms with E-state index in [2.05, 4.69) is 174 Å². The Morgan fingerprint density at radius 2 is 0.491 bits per heavy atom. The number of unbranched alkanes of at least 4 members (excludes halogenated alkanes) is 26. The lowest BCUT2D eigenvalue weighted by molar-refractivity contribution is -0.161. The first-order chi connectivity index (χ1) is 51.7. The fourth-order valence-electron chi connectivity index (χ4n) is 10.6. The van der Waals surface area contributed by atoms with E-state index in [1.165, 1.54) is 64.2 Å². The fourth-order valence-corrected chi connectivity index (χ4v) is 12.1. The van der Waals surface area contributed by atoms with E-state index in [9.17, 15) is 43.2 Å². The Bertz CT molecular complexity index is 2580. The maximum Gasteiger partial charge on any atom is 0.472 e. The Morgan fingerprint density at radius 1 is 0.274 bits per heavy atom. The summed E-state index contributed by atoms with van der Waals surface area (Å²) in [7, 11) is -9.99. The van der Waals surface area contributed by atoms with Crippen LogP contribution in [-0.2, 0) is 65.4 Å². The quantitative estimate of drug-likeness (QED) is 0.0169. The highest BCUT2D eigenvalue weighted by Crippen LogP contribution is 2.45. The molecule has 0 aromatic rings. The topological polar surface area (TPSA) is 237 Å². The summed E-state index contributed by atoms with van der Waals surface area (Å²) < 4.78 is 68.6. The van der Waals surface area contributed by atoms with Gasteiger partial charge in [0.1, 0.15) is 19.3 Å². The third kappa shape index (κ3) is 77.1. The van der Waals surface area contributed by atoms with Crippen molar-refractivity contribution < 1.29 is 80.2 Å². The highest BCUT2D eigenvalue weighted by atomic mass is 31.2. The minimum absolute atomic E-state index is 0.0432. The lowest BCUT2D eigenvalue weighted by atomic mass is 10.1. The molecule has 0 aliphatic heterocycles. The number of allylic oxidation sites excluding steroid dienone is 24. The Labute approximate surface area is 643 Å². The molecule has 606 valence electrons. The van der Waals surface area contributed by atoms with Gasteiger partial charge in [-0.15, -0.1) is 0 Å². The van der Waals surface area contributed by atoms with Crippen molar-refractivity contribution in [2.24, 2.45) is 0 Å².